The van der Waals surface area contributed by atoms with Crippen LogP contribution in [0.2, 0.25) is 0 Å². The van der Waals surface area contributed by atoms with Gasteiger partial charge in [-0.15, -0.1) is 0 Å². The van der Waals surface area contributed by atoms with Gasteiger partial charge in [-0.1, -0.05) is 65.9 Å². The molecule has 0 radical (unpaired) electrons. The number of hydrogen-bond acceptors (Lipinski definition) is 2. The van der Waals surface area contributed by atoms with Crippen LogP contribution in [0.15, 0.2) is 18.2 Å². The minimum atomic E-state index is 0.197. The average molecular weight is 308 g/mol. The molecular weight excluding hydrogens is 278 g/mol. The number of hydrogen-bond donors (Lipinski definition) is 1. The Hall–Kier alpha value is -1.09. The van der Waals surface area contributed by atoms with E-state index in [1.807, 2.05) is 0 Å². The van der Waals surface area contributed by atoms with Gasteiger partial charge in [-0.25, -0.2) is 0 Å². The first-order valence-electron chi connectivity index (χ1n) is 7.80. The van der Waals surface area contributed by atoms with Gasteiger partial charge in [0.2, 0.25) is 0 Å². The molecule has 2 atom stereocenters. The molecule has 0 aliphatic rings. The Morgan fingerprint density at radius 3 is 2.24 bits per heavy atom. The number of nitrogens with two attached hydrogens (primary N) is 1. The highest BCUT2D eigenvalue weighted by atomic mass is 32.1. The summed E-state index contributed by atoms with van der Waals surface area (Å²) in [6.45, 7) is 13.7. The lowest BCUT2D eigenvalue weighted by molar-refractivity contribution is 0.267. The first-order chi connectivity index (χ1) is 9.73. The third kappa shape index (κ3) is 4.99. The van der Waals surface area contributed by atoms with Crippen molar-refractivity contribution in [3.05, 3.63) is 29.3 Å². The number of benzene rings is 1. The number of thiocarbonyl (C=S) groups is 1. The van der Waals surface area contributed by atoms with E-state index >= 15 is 0 Å². The summed E-state index contributed by atoms with van der Waals surface area (Å²) in [7, 11) is 0. The molecule has 0 spiro atoms. The average Bonchev–Trinajstić information content (AvgIpc) is 2.42. The fourth-order valence-electron chi connectivity index (χ4n) is 2.22. The standard InChI is InChI=1S/C18H29NOS/c1-11(2)10-20-17-8-7-15(9-16(17)12(3)4)13(5)14(6)18(19)21/h7-9,11-14H,10H2,1-6H3,(H2,19,21). The molecule has 0 aliphatic heterocycles. The molecule has 1 aromatic carbocycles. The highest BCUT2D eigenvalue weighted by Gasteiger charge is 2.19. The van der Waals surface area contributed by atoms with Gasteiger partial charge in [0.15, 0.2) is 0 Å². The largest absolute Gasteiger partial charge is 0.493 e. The zero-order chi connectivity index (χ0) is 16.2. The van der Waals surface area contributed by atoms with E-state index in [2.05, 4.69) is 59.7 Å². The SMILES string of the molecule is CC(C)COc1ccc(C(C)C(C)C(N)=S)cc1C(C)C. The van der Waals surface area contributed by atoms with Crippen LogP contribution in [0.25, 0.3) is 0 Å². The molecule has 1 aromatic rings. The Labute approximate surface area is 135 Å². The fraction of sp³-hybridized carbons (Fsp3) is 0.611. The van der Waals surface area contributed by atoms with Crippen molar-refractivity contribution in [2.24, 2.45) is 17.6 Å². The van der Waals surface area contributed by atoms with Crippen LogP contribution >= 0.6 is 12.2 Å². The molecule has 0 aliphatic carbocycles. The van der Waals surface area contributed by atoms with Gasteiger partial charge in [-0.3, -0.25) is 0 Å². The molecule has 2 N–H and O–H groups in total. The van der Waals surface area contributed by atoms with Crippen LogP contribution in [-0.2, 0) is 0 Å². The molecule has 0 heterocycles. The summed E-state index contributed by atoms with van der Waals surface area (Å²) in [5, 5.41) is 0. The van der Waals surface area contributed by atoms with Gasteiger partial charge in [0.05, 0.1) is 11.6 Å². The normalized spacial score (nSPS) is 14.3. The number of ether oxygens (including phenoxy) is 1. The molecule has 0 amide bonds. The van der Waals surface area contributed by atoms with E-state index in [0.29, 0.717) is 22.7 Å². The molecule has 21 heavy (non-hydrogen) atoms. The van der Waals surface area contributed by atoms with E-state index in [1.54, 1.807) is 0 Å². The van der Waals surface area contributed by atoms with Crippen molar-refractivity contribution in [3.63, 3.8) is 0 Å². The van der Waals surface area contributed by atoms with Crippen molar-refractivity contribution in [2.75, 3.05) is 6.61 Å². The lowest BCUT2D eigenvalue weighted by Gasteiger charge is -2.22. The molecule has 0 saturated heterocycles. The van der Waals surface area contributed by atoms with Gasteiger partial charge in [0.1, 0.15) is 5.75 Å². The Morgan fingerprint density at radius 1 is 1.14 bits per heavy atom. The highest BCUT2D eigenvalue weighted by Crippen LogP contribution is 2.33. The smallest absolute Gasteiger partial charge is 0.122 e. The van der Waals surface area contributed by atoms with E-state index in [1.165, 1.54) is 11.1 Å². The fourth-order valence-corrected chi connectivity index (χ4v) is 2.43. The van der Waals surface area contributed by atoms with Crippen molar-refractivity contribution in [2.45, 2.75) is 53.4 Å². The molecule has 1 rings (SSSR count). The minimum Gasteiger partial charge on any atom is -0.493 e. The van der Waals surface area contributed by atoms with Crippen LogP contribution in [0.1, 0.15) is 64.5 Å². The van der Waals surface area contributed by atoms with Crippen LogP contribution in [0, 0.1) is 11.8 Å². The number of rotatable bonds is 7. The maximum absolute atomic E-state index is 5.95. The van der Waals surface area contributed by atoms with Crippen LogP contribution in [0.4, 0.5) is 0 Å². The Bertz CT molecular complexity index is 482. The lowest BCUT2D eigenvalue weighted by Crippen LogP contribution is -2.23. The molecule has 0 bridgehead atoms. The summed E-state index contributed by atoms with van der Waals surface area (Å²) < 4.78 is 5.95. The van der Waals surface area contributed by atoms with E-state index in [9.17, 15) is 0 Å². The molecule has 0 aromatic heterocycles. The third-order valence-electron chi connectivity index (χ3n) is 3.95. The quantitative estimate of drug-likeness (QED) is 0.730. The molecular formula is C18H29NOS. The van der Waals surface area contributed by atoms with Crippen molar-refractivity contribution in [3.8, 4) is 5.75 Å². The van der Waals surface area contributed by atoms with Gasteiger partial charge in [-0.05, 0) is 34.9 Å². The first-order valence-corrected chi connectivity index (χ1v) is 8.20. The highest BCUT2D eigenvalue weighted by molar-refractivity contribution is 7.80. The summed E-state index contributed by atoms with van der Waals surface area (Å²) >= 11 is 5.13. The topological polar surface area (TPSA) is 35.2 Å². The van der Waals surface area contributed by atoms with Gasteiger partial charge >= 0.3 is 0 Å². The van der Waals surface area contributed by atoms with Gasteiger partial charge in [0.25, 0.3) is 0 Å². The van der Waals surface area contributed by atoms with Crippen molar-refractivity contribution < 1.29 is 4.74 Å². The van der Waals surface area contributed by atoms with Gasteiger partial charge in [-0.2, -0.15) is 0 Å². The Balaban J connectivity index is 3.05. The maximum atomic E-state index is 5.95. The van der Waals surface area contributed by atoms with Crippen molar-refractivity contribution >= 4 is 17.2 Å². The van der Waals surface area contributed by atoms with Gasteiger partial charge < -0.3 is 10.5 Å². The molecule has 2 nitrogen and oxygen atoms in total. The third-order valence-corrected chi connectivity index (χ3v) is 4.32. The molecule has 2 unspecified atom stereocenters. The predicted molar refractivity (Wildman–Crippen MR) is 95.2 cm³/mol. The second-order valence-corrected chi connectivity index (χ2v) is 7.11. The molecule has 3 heteroatoms. The summed E-state index contributed by atoms with van der Waals surface area (Å²) in [5.74, 6) is 2.47. The van der Waals surface area contributed by atoms with E-state index < -0.39 is 0 Å². The lowest BCUT2D eigenvalue weighted by atomic mass is 9.86. The van der Waals surface area contributed by atoms with Crippen molar-refractivity contribution in [1.82, 2.24) is 0 Å². The first kappa shape index (κ1) is 18.0. The van der Waals surface area contributed by atoms with Gasteiger partial charge in [0, 0.05) is 5.92 Å². The van der Waals surface area contributed by atoms with E-state index in [4.69, 9.17) is 22.7 Å². The zero-order valence-corrected chi connectivity index (χ0v) is 15.0. The Morgan fingerprint density at radius 2 is 1.76 bits per heavy atom. The predicted octanol–water partition coefficient (Wildman–Crippen LogP) is 4.87. The Kier molecular flexibility index (Phi) is 6.66. The molecule has 0 saturated carbocycles. The second kappa shape index (κ2) is 7.79. The molecule has 0 fully saturated rings. The van der Waals surface area contributed by atoms with Crippen molar-refractivity contribution in [1.29, 1.82) is 0 Å². The summed E-state index contributed by atoms with van der Waals surface area (Å²) in [5.41, 5.74) is 8.32. The molecule has 118 valence electrons. The summed E-state index contributed by atoms with van der Waals surface area (Å²) in [4.78, 5) is 0.578. The second-order valence-electron chi connectivity index (χ2n) is 6.64. The van der Waals surface area contributed by atoms with E-state index in [0.717, 1.165) is 12.4 Å². The zero-order valence-electron chi connectivity index (χ0n) is 14.1. The minimum absolute atomic E-state index is 0.197. The van der Waals surface area contributed by atoms with Crippen LogP contribution in [-0.4, -0.2) is 11.6 Å². The van der Waals surface area contributed by atoms with Crippen LogP contribution < -0.4 is 10.5 Å². The van der Waals surface area contributed by atoms with Crippen LogP contribution in [0.5, 0.6) is 5.75 Å². The monoisotopic (exact) mass is 307 g/mol. The van der Waals surface area contributed by atoms with E-state index in [-0.39, 0.29) is 5.92 Å². The summed E-state index contributed by atoms with van der Waals surface area (Å²) in [6, 6.07) is 6.48. The van der Waals surface area contributed by atoms with Crippen LogP contribution in [0.3, 0.4) is 0 Å². The maximum Gasteiger partial charge on any atom is 0.122 e. The summed E-state index contributed by atoms with van der Waals surface area (Å²) in [6.07, 6.45) is 0.